The quantitative estimate of drug-likeness (QED) is 0.792. The van der Waals surface area contributed by atoms with Crippen molar-refractivity contribution in [3.8, 4) is 0 Å². The molecule has 1 saturated heterocycles. The number of likely N-dealkylation sites (tertiary alicyclic amines) is 1. The minimum Gasteiger partial charge on any atom is -0.392 e. The summed E-state index contributed by atoms with van der Waals surface area (Å²) in [6.07, 6.45) is 4.52. The van der Waals surface area contributed by atoms with E-state index in [-0.39, 0.29) is 6.10 Å². The van der Waals surface area contributed by atoms with Crippen molar-refractivity contribution in [1.29, 1.82) is 0 Å². The fourth-order valence-corrected chi connectivity index (χ4v) is 3.24. The molecule has 0 spiro atoms. The highest BCUT2D eigenvalue weighted by Gasteiger charge is 2.20. The summed E-state index contributed by atoms with van der Waals surface area (Å²) in [5.74, 6) is 0. The molecule has 4 rings (SSSR count). The van der Waals surface area contributed by atoms with Gasteiger partial charge in [0.05, 0.1) is 30.1 Å². The summed E-state index contributed by atoms with van der Waals surface area (Å²) in [5.41, 5.74) is 4.29. The summed E-state index contributed by atoms with van der Waals surface area (Å²) < 4.78 is 1.85. The lowest BCUT2D eigenvalue weighted by atomic mass is 10.1. The molecule has 6 heteroatoms. The maximum absolute atomic E-state index is 9.59. The average molecular weight is 323 g/mol. The first-order chi connectivity index (χ1) is 11.7. The van der Waals surface area contributed by atoms with Crippen molar-refractivity contribution in [3.05, 3.63) is 53.5 Å². The van der Waals surface area contributed by atoms with Gasteiger partial charge in [-0.2, -0.15) is 0 Å². The first-order valence-corrected chi connectivity index (χ1v) is 8.30. The number of benzene rings is 1. The van der Waals surface area contributed by atoms with E-state index in [9.17, 15) is 5.11 Å². The molecular weight excluding hydrogens is 302 g/mol. The van der Waals surface area contributed by atoms with Crippen LogP contribution in [0.15, 0.2) is 36.7 Å². The number of rotatable bonds is 4. The van der Waals surface area contributed by atoms with Crippen molar-refractivity contribution in [2.75, 3.05) is 13.1 Å². The molecule has 0 saturated carbocycles. The summed E-state index contributed by atoms with van der Waals surface area (Å²) in [6.45, 7) is 5.13. The Labute approximate surface area is 140 Å². The number of β-amino-alcohol motifs (C(OH)–C–C–N with tert-alkyl or cyclic N) is 1. The molecule has 0 bridgehead atoms. The Morgan fingerprint density at radius 3 is 3.00 bits per heavy atom. The number of pyridine rings is 1. The fourth-order valence-electron chi connectivity index (χ4n) is 3.24. The maximum Gasteiger partial charge on any atom is 0.0967 e. The van der Waals surface area contributed by atoms with Crippen LogP contribution in [0.25, 0.3) is 10.9 Å². The van der Waals surface area contributed by atoms with Crippen LogP contribution in [0.3, 0.4) is 0 Å². The predicted molar refractivity (Wildman–Crippen MR) is 91.5 cm³/mol. The third kappa shape index (κ3) is 3.29. The number of hydrogen-bond acceptors (Lipinski definition) is 5. The van der Waals surface area contributed by atoms with Crippen LogP contribution in [0, 0.1) is 6.92 Å². The molecule has 1 aliphatic heterocycles. The number of aliphatic hydroxyl groups excluding tert-OH is 1. The Kier molecular flexibility index (Phi) is 4.00. The van der Waals surface area contributed by atoms with E-state index in [0.717, 1.165) is 48.2 Å². The van der Waals surface area contributed by atoms with Crippen LogP contribution < -0.4 is 0 Å². The zero-order valence-electron chi connectivity index (χ0n) is 13.8. The lowest BCUT2D eigenvalue weighted by Crippen LogP contribution is -2.21. The van der Waals surface area contributed by atoms with Gasteiger partial charge in [-0.3, -0.25) is 9.88 Å². The molecule has 1 unspecified atom stereocenters. The smallest absolute Gasteiger partial charge is 0.0967 e. The van der Waals surface area contributed by atoms with E-state index in [4.69, 9.17) is 0 Å². The second kappa shape index (κ2) is 6.30. The normalized spacial score (nSPS) is 18.5. The molecule has 0 radical (unpaired) electrons. The van der Waals surface area contributed by atoms with E-state index >= 15 is 0 Å². The van der Waals surface area contributed by atoms with Crippen LogP contribution in [-0.2, 0) is 13.1 Å². The molecule has 6 nitrogen and oxygen atoms in total. The van der Waals surface area contributed by atoms with Crippen molar-refractivity contribution < 1.29 is 5.11 Å². The number of aryl methyl sites for hydroxylation is 1. The van der Waals surface area contributed by atoms with Gasteiger partial charge in [0, 0.05) is 31.2 Å². The van der Waals surface area contributed by atoms with Gasteiger partial charge in [-0.25, -0.2) is 4.68 Å². The molecule has 1 aliphatic rings. The molecular formula is C18H21N5O. The minimum absolute atomic E-state index is 0.202. The van der Waals surface area contributed by atoms with Gasteiger partial charge in [0.1, 0.15) is 0 Å². The largest absolute Gasteiger partial charge is 0.392 e. The molecule has 1 atom stereocenters. The van der Waals surface area contributed by atoms with Crippen molar-refractivity contribution in [3.63, 3.8) is 0 Å². The Hall–Kier alpha value is -2.31. The summed E-state index contributed by atoms with van der Waals surface area (Å²) in [7, 11) is 0. The third-order valence-electron chi connectivity index (χ3n) is 4.46. The van der Waals surface area contributed by atoms with Crippen LogP contribution in [0.5, 0.6) is 0 Å². The molecule has 3 heterocycles. The van der Waals surface area contributed by atoms with Crippen LogP contribution >= 0.6 is 0 Å². The highest BCUT2D eigenvalue weighted by molar-refractivity contribution is 5.79. The molecule has 124 valence electrons. The molecule has 0 aliphatic carbocycles. The molecule has 1 N–H and O–H groups in total. The number of nitrogens with zero attached hydrogens (tertiary/aromatic N) is 5. The maximum atomic E-state index is 9.59. The Bertz CT molecular complexity index is 859. The van der Waals surface area contributed by atoms with Crippen molar-refractivity contribution >= 4 is 10.9 Å². The standard InChI is InChI=1S/C18H21N5O/c1-13-2-3-18-15(6-13)7-14(8-19-18)9-23-11-16(20-21-23)10-22-5-4-17(24)12-22/h2-3,6-8,11,17,24H,4-5,9-10,12H2,1H3. The minimum atomic E-state index is -0.202. The van der Waals surface area contributed by atoms with Crippen LogP contribution in [0.2, 0.25) is 0 Å². The zero-order chi connectivity index (χ0) is 16.5. The monoisotopic (exact) mass is 323 g/mol. The van der Waals surface area contributed by atoms with Crippen LogP contribution in [0.4, 0.5) is 0 Å². The molecule has 1 aromatic carbocycles. The van der Waals surface area contributed by atoms with Crippen LogP contribution in [-0.4, -0.2) is 49.2 Å². The van der Waals surface area contributed by atoms with E-state index in [0.29, 0.717) is 6.54 Å². The van der Waals surface area contributed by atoms with Crippen molar-refractivity contribution in [1.82, 2.24) is 24.9 Å². The first-order valence-electron chi connectivity index (χ1n) is 8.30. The first kappa shape index (κ1) is 15.2. The van der Waals surface area contributed by atoms with Gasteiger partial charge in [-0.05, 0) is 37.1 Å². The molecule has 0 amide bonds. The molecule has 24 heavy (non-hydrogen) atoms. The van der Waals surface area contributed by atoms with Gasteiger partial charge in [-0.1, -0.05) is 16.8 Å². The van der Waals surface area contributed by atoms with E-state index < -0.39 is 0 Å². The SMILES string of the molecule is Cc1ccc2ncc(Cn3cc(CN4CCC(O)C4)nn3)cc2c1. The molecule has 3 aromatic rings. The van der Waals surface area contributed by atoms with Gasteiger partial charge in [0.2, 0.25) is 0 Å². The molecule has 2 aromatic heterocycles. The second-order valence-corrected chi connectivity index (χ2v) is 6.62. The number of hydrogen-bond donors (Lipinski definition) is 1. The number of fused-ring (bicyclic) bond motifs is 1. The summed E-state index contributed by atoms with van der Waals surface area (Å²) in [5, 5.41) is 19.2. The Morgan fingerprint density at radius 2 is 2.17 bits per heavy atom. The number of aromatic nitrogens is 4. The summed E-state index contributed by atoms with van der Waals surface area (Å²) in [6, 6.07) is 8.44. The van der Waals surface area contributed by atoms with E-state index in [1.165, 1.54) is 5.56 Å². The van der Waals surface area contributed by atoms with E-state index in [2.05, 4.69) is 45.3 Å². The predicted octanol–water partition coefficient (Wildman–Crippen LogP) is 1.75. The third-order valence-corrected chi connectivity index (χ3v) is 4.46. The van der Waals surface area contributed by atoms with Gasteiger partial charge < -0.3 is 5.11 Å². The van der Waals surface area contributed by atoms with Gasteiger partial charge >= 0.3 is 0 Å². The number of aliphatic hydroxyl groups is 1. The van der Waals surface area contributed by atoms with E-state index in [1.54, 1.807) is 0 Å². The lowest BCUT2D eigenvalue weighted by Gasteiger charge is -2.11. The van der Waals surface area contributed by atoms with E-state index in [1.807, 2.05) is 23.1 Å². The van der Waals surface area contributed by atoms with Gasteiger partial charge in [-0.15, -0.1) is 5.10 Å². The highest BCUT2D eigenvalue weighted by atomic mass is 16.3. The van der Waals surface area contributed by atoms with Gasteiger partial charge in [0.15, 0.2) is 0 Å². The summed E-state index contributed by atoms with van der Waals surface area (Å²) in [4.78, 5) is 6.73. The van der Waals surface area contributed by atoms with Crippen molar-refractivity contribution in [2.45, 2.75) is 32.5 Å². The topological polar surface area (TPSA) is 67.1 Å². The lowest BCUT2D eigenvalue weighted by molar-refractivity contribution is 0.174. The Balaban J connectivity index is 1.47. The molecule has 1 fully saturated rings. The summed E-state index contributed by atoms with van der Waals surface area (Å²) >= 11 is 0. The Morgan fingerprint density at radius 1 is 1.25 bits per heavy atom. The fraction of sp³-hybridized carbons (Fsp3) is 0.389. The average Bonchev–Trinajstić information content (AvgIpc) is 3.16. The highest BCUT2D eigenvalue weighted by Crippen LogP contribution is 2.16. The van der Waals surface area contributed by atoms with Crippen LogP contribution in [0.1, 0.15) is 23.2 Å². The van der Waals surface area contributed by atoms with Gasteiger partial charge in [0.25, 0.3) is 0 Å². The zero-order valence-corrected chi connectivity index (χ0v) is 13.8. The van der Waals surface area contributed by atoms with Crippen molar-refractivity contribution in [2.24, 2.45) is 0 Å². The second-order valence-electron chi connectivity index (χ2n) is 6.62.